The van der Waals surface area contributed by atoms with Crippen LogP contribution in [0.2, 0.25) is 0 Å². The fraction of sp³-hybridized carbons (Fsp3) is 0.273. The van der Waals surface area contributed by atoms with Crippen LogP contribution in [0.3, 0.4) is 0 Å². The fourth-order valence-electron chi connectivity index (χ4n) is 1.41. The van der Waals surface area contributed by atoms with Crippen LogP contribution in [-0.2, 0) is 16.1 Å². The van der Waals surface area contributed by atoms with Crippen LogP contribution in [0.5, 0.6) is 5.75 Å². The Labute approximate surface area is 86.8 Å². The minimum atomic E-state index is -0.326. The zero-order chi connectivity index (χ0) is 10.8. The number of ether oxygens (including phenoxy) is 2. The third kappa shape index (κ3) is 1.98. The van der Waals surface area contributed by atoms with Crippen molar-refractivity contribution in [2.24, 2.45) is 0 Å². The molecule has 4 nitrogen and oxygen atoms in total. The van der Waals surface area contributed by atoms with Crippen LogP contribution in [-0.4, -0.2) is 18.4 Å². The van der Waals surface area contributed by atoms with Crippen molar-refractivity contribution in [1.82, 2.24) is 0 Å². The SMILES string of the molecule is CC(=O)OCc1ccc2c(c1)OCC2=O. The van der Waals surface area contributed by atoms with Crippen molar-refractivity contribution < 1.29 is 19.1 Å². The number of hydrogen-bond donors (Lipinski definition) is 0. The Bertz CT molecular complexity index is 423. The lowest BCUT2D eigenvalue weighted by Crippen LogP contribution is -1.99. The molecule has 0 bridgehead atoms. The maximum Gasteiger partial charge on any atom is 0.302 e. The molecule has 1 aromatic carbocycles. The molecule has 15 heavy (non-hydrogen) atoms. The van der Waals surface area contributed by atoms with E-state index in [2.05, 4.69) is 0 Å². The highest BCUT2D eigenvalue weighted by Crippen LogP contribution is 2.26. The number of esters is 1. The molecule has 0 spiro atoms. The van der Waals surface area contributed by atoms with E-state index in [0.29, 0.717) is 11.3 Å². The van der Waals surface area contributed by atoms with Gasteiger partial charge in [0.05, 0.1) is 5.56 Å². The number of benzene rings is 1. The molecule has 0 amide bonds. The van der Waals surface area contributed by atoms with Crippen LogP contribution in [0.4, 0.5) is 0 Å². The summed E-state index contributed by atoms with van der Waals surface area (Å²) in [4.78, 5) is 21.8. The second-order valence-corrected chi connectivity index (χ2v) is 3.32. The van der Waals surface area contributed by atoms with Gasteiger partial charge >= 0.3 is 5.97 Å². The Balaban J connectivity index is 2.16. The molecule has 0 saturated carbocycles. The number of ketones is 1. The van der Waals surface area contributed by atoms with Gasteiger partial charge in [-0.25, -0.2) is 0 Å². The number of Topliss-reactive ketones (excluding diaryl/α,β-unsaturated/α-hetero) is 1. The zero-order valence-electron chi connectivity index (χ0n) is 8.28. The molecule has 0 unspecified atom stereocenters. The Morgan fingerprint density at radius 3 is 3.07 bits per heavy atom. The normalized spacial score (nSPS) is 13.3. The van der Waals surface area contributed by atoms with Gasteiger partial charge in [0.2, 0.25) is 5.78 Å². The van der Waals surface area contributed by atoms with E-state index in [0.717, 1.165) is 5.56 Å². The molecule has 0 aliphatic carbocycles. The Kier molecular flexibility index (Phi) is 2.41. The van der Waals surface area contributed by atoms with Gasteiger partial charge in [-0.15, -0.1) is 0 Å². The van der Waals surface area contributed by atoms with E-state index in [-0.39, 0.29) is 25.0 Å². The molecular weight excluding hydrogens is 196 g/mol. The number of carbonyl (C=O) groups is 2. The van der Waals surface area contributed by atoms with Crippen LogP contribution in [0.1, 0.15) is 22.8 Å². The summed E-state index contributed by atoms with van der Waals surface area (Å²) in [6, 6.07) is 5.18. The first kappa shape index (κ1) is 9.71. The highest BCUT2D eigenvalue weighted by Gasteiger charge is 2.20. The molecule has 2 rings (SSSR count). The molecule has 1 aliphatic rings. The van der Waals surface area contributed by atoms with E-state index < -0.39 is 0 Å². The summed E-state index contributed by atoms with van der Waals surface area (Å²) in [5.41, 5.74) is 1.42. The Morgan fingerprint density at radius 1 is 1.53 bits per heavy atom. The van der Waals surface area contributed by atoms with Gasteiger partial charge in [-0.05, 0) is 17.7 Å². The first-order chi connectivity index (χ1) is 7.16. The minimum absolute atomic E-state index is 0.0102. The summed E-state index contributed by atoms with van der Waals surface area (Å²) < 4.78 is 10.0. The van der Waals surface area contributed by atoms with E-state index in [1.165, 1.54) is 6.92 Å². The number of carbonyl (C=O) groups excluding carboxylic acids is 2. The van der Waals surface area contributed by atoms with Gasteiger partial charge in [-0.3, -0.25) is 9.59 Å². The molecule has 0 atom stereocenters. The van der Waals surface area contributed by atoms with E-state index in [1.54, 1.807) is 18.2 Å². The van der Waals surface area contributed by atoms with E-state index >= 15 is 0 Å². The molecule has 1 aromatic rings. The third-order valence-corrected chi connectivity index (χ3v) is 2.15. The lowest BCUT2D eigenvalue weighted by Gasteiger charge is -2.03. The topological polar surface area (TPSA) is 52.6 Å². The van der Waals surface area contributed by atoms with Crippen molar-refractivity contribution in [2.45, 2.75) is 13.5 Å². The molecule has 0 aromatic heterocycles. The fourth-order valence-corrected chi connectivity index (χ4v) is 1.41. The zero-order valence-corrected chi connectivity index (χ0v) is 8.28. The monoisotopic (exact) mass is 206 g/mol. The maximum absolute atomic E-state index is 11.2. The quantitative estimate of drug-likeness (QED) is 0.685. The summed E-state index contributed by atoms with van der Waals surface area (Å²) in [5, 5.41) is 0. The lowest BCUT2D eigenvalue weighted by atomic mass is 10.1. The molecule has 78 valence electrons. The van der Waals surface area contributed by atoms with Crippen LogP contribution >= 0.6 is 0 Å². The van der Waals surface area contributed by atoms with Crippen molar-refractivity contribution >= 4 is 11.8 Å². The highest BCUT2D eigenvalue weighted by atomic mass is 16.5. The molecule has 0 fully saturated rings. The maximum atomic E-state index is 11.2. The summed E-state index contributed by atoms with van der Waals surface area (Å²) in [6.07, 6.45) is 0. The van der Waals surface area contributed by atoms with Crippen molar-refractivity contribution in [3.63, 3.8) is 0 Å². The molecule has 0 radical (unpaired) electrons. The van der Waals surface area contributed by atoms with Crippen molar-refractivity contribution in [2.75, 3.05) is 6.61 Å². The average molecular weight is 206 g/mol. The molecule has 1 heterocycles. The first-order valence-electron chi connectivity index (χ1n) is 4.59. The first-order valence-corrected chi connectivity index (χ1v) is 4.59. The second-order valence-electron chi connectivity index (χ2n) is 3.32. The largest absolute Gasteiger partial charge is 0.485 e. The van der Waals surface area contributed by atoms with E-state index in [4.69, 9.17) is 9.47 Å². The molecule has 0 N–H and O–H groups in total. The number of hydrogen-bond acceptors (Lipinski definition) is 4. The van der Waals surface area contributed by atoms with Crippen LogP contribution in [0.15, 0.2) is 18.2 Å². The summed E-state index contributed by atoms with van der Waals surface area (Å²) in [5.74, 6) is 0.237. The van der Waals surface area contributed by atoms with E-state index in [9.17, 15) is 9.59 Å². The van der Waals surface area contributed by atoms with Gasteiger partial charge in [-0.2, -0.15) is 0 Å². The number of fused-ring (bicyclic) bond motifs is 1. The van der Waals surface area contributed by atoms with Crippen molar-refractivity contribution in [1.29, 1.82) is 0 Å². The lowest BCUT2D eigenvalue weighted by molar-refractivity contribution is -0.142. The van der Waals surface area contributed by atoms with Gasteiger partial charge in [-0.1, -0.05) is 6.07 Å². The standard InChI is InChI=1S/C11H10O4/c1-7(12)14-5-8-2-3-9-10(13)6-15-11(9)4-8/h2-4H,5-6H2,1H3. The molecule has 4 heteroatoms. The van der Waals surface area contributed by atoms with E-state index in [1.807, 2.05) is 0 Å². The Hall–Kier alpha value is -1.84. The van der Waals surface area contributed by atoms with Gasteiger partial charge < -0.3 is 9.47 Å². The third-order valence-electron chi connectivity index (χ3n) is 2.15. The Morgan fingerprint density at radius 2 is 2.33 bits per heavy atom. The predicted octanol–water partition coefficient (Wildman–Crippen LogP) is 1.32. The molecule has 1 aliphatic heterocycles. The average Bonchev–Trinajstić information content (AvgIpc) is 2.57. The molecular formula is C11H10O4. The van der Waals surface area contributed by atoms with Crippen molar-refractivity contribution in [3.05, 3.63) is 29.3 Å². The summed E-state index contributed by atoms with van der Waals surface area (Å²) in [7, 11) is 0. The minimum Gasteiger partial charge on any atom is -0.485 e. The molecule has 0 saturated heterocycles. The van der Waals surface area contributed by atoms with Gasteiger partial charge in [0, 0.05) is 6.92 Å². The van der Waals surface area contributed by atoms with Gasteiger partial charge in [0.15, 0.2) is 6.61 Å². The number of rotatable bonds is 2. The summed E-state index contributed by atoms with van der Waals surface area (Å²) >= 11 is 0. The predicted molar refractivity (Wildman–Crippen MR) is 51.7 cm³/mol. The highest BCUT2D eigenvalue weighted by molar-refractivity contribution is 6.02. The van der Waals surface area contributed by atoms with Crippen LogP contribution < -0.4 is 4.74 Å². The van der Waals surface area contributed by atoms with Gasteiger partial charge in [0.25, 0.3) is 0 Å². The second kappa shape index (κ2) is 3.73. The van der Waals surface area contributed by atoms with Gasteiger partial charge in [0.1, 0.15) is 12.4 Å². The smallest absolute Gasteiger partial charge is 0.302 e. The van der Waals surface area contributed by atoms with Crippen molar-refractivity contribution in [3.8, 4) is 5.75 Å². The van der Waals surface area contributed by atoms with Crippen LogP contribution in [0, 0.1) is 0 Å². The van der Waals surface area contributed by atoms with Crippen LogP contribution in [0.25, 0.3) is 0 Å². The summed E-state index contributed by atoms with van der Waals surface area (Å²) in [6.45, 7) is 1.67.